The zero-order valence-corrected chi connectivity index (χ0v) is 15.6. The van der Waals surface area contributed by atoms with E-state index in [2.05, 4.69) is 26.7 Å². The molecule has 0 atom stereocenters. The van der Waals surface area contributed by atoms with Crippen LogP contribution >= 0.6 is 11.3 Å². The molecule has 6 nitrogen and oxygen atoms in total. The van der Waals surface area contributed by atoms with E-state index >= 15 is 0 Å². The van der Waals surface area contributed by atoms with Gasteiger partial charge in [0.25, 0.3) is 5.91 Å². The summed E-state index contributed by atoms with van der Waals surface area (Å²) in [6, 6.07) is 11.7. The van der Waals surface area contributed by atoms with Crippen molar-refractivity contribution in [2.75, 3.05) is 31.6 Å². The van der Waals surface area contributed by atoms with Crippen LogP contribution in [0.3, 0.4) is 0 Å². The highest BCUT2D eigenvalue weighted by atomic mass is 32.1. The van der Waals surface area contributed by atoms with E-state index in [1.807, 2.05) is 35.2 Å². The van der Waals surface area contributed by atoms with Gasteiger partial charge in [-0.3, -0.25) is 9.78 Å². The van der Waals surface area contributed by atoms with E-state index in [4.69, 9.17) is 4.74 Å². The van der Waals surface area contributed by atoms with Crippen molar-refractivity contribution in [3.8, 4) is 11.3 Å². The third kappa shape index (κ3) is 4.15. The maximum Gasteiger partial charge on any atom is 0.254 e. The molecule has 0 radical (unpaired) electrons. The van der Waals surface area contributed by atoms with Crippen LogP contribution in [-0.2, 0) is 11.3 Å². The summed E-state index contributed by atoms with van der Waals surface area (Å²) in [6.07, 6.45) is 3.36. The average molecular weight is 380 g/mol. The lowest BCUT2D eigenvalue weighted by molar-refractivity contribution is 0.0303. The molecule has 3 aromatic rings. The maximum atomic E-state index is 12.6. The predicted molar refractivity (Wildman–Crippen MR) is 106 cm³/mol. The molecule has 3 heterocycles. The van der Waals surface area contributed by atoms with Crippen molar-refractivity contribution in [1.82, 2.24) is 14.9 Å². The van der Waals surface area contributed by atoms with Gasteiger partial charge in [0.05, 0.1) is 19.8 Å². The van der Waals surface area contributed by atoms with Crippen LogP contribution in [0.5, 0.6) is 0 Å². The minimum atomic E-state index is 0.0417. The molecule has 1 saturated heterocycles. The lowest BCUT2D eigenvalue weighted by Crippen LogP contribution is -2.40. The number of rotatable bonds is 5. The first-order valence-corrected chi connectivity index (χ1v) is 9.74. The second-order valence-corrected chi connectivity index (χ2v) is 7.20. The molecule has 1 aliphatic rings. The maximum absolute atomic E-state index is 12.6. The molecular formula is C20H20N4O2S. The van der Waals surface area contributed by atoms with Gasteiger partial charge in [-0.1, -0.05) is 18.2 Å². The zero-order chi connectivity index (χ0) is 18.5. The Morgan fingerprint density at radius 1 is 1.11 bits per heavy atom. The highest BCUT2D eigenvalue weighted by molar-refractivity contribution is 7.09. The standard InChI is InChI=1S/C20H20N4O2S/c25-20(24-9-11-26-12-10-24)16-5-3-15(4-6-16)18-19(22-8-7-21-18)23-14-17-2-1-13-27-17/h1-8,13H,9-12,14H2,(H,22,23). The minimum absolute atomic E-state index is 0.0417. The zero-order valence-electron chi connectivity index (χ0n) is 14.8. The number of hydrogen-bond acceptors (Lipinski definition) is 6. The number of benzene rings is 1. The van der Waals surface area contributed by atoms with Crippen molar-refractivity contribution in [3.63, 3.8) is 0 Å². The number of carbonyl (C=O) groups is 1. The molecular weight excluding hydrogens is 360 g/mol. The first kappa shape index (κ1) is 17.6. The van der Waals surface area contributed by atoms with E-state index in [9.17, 15) is 4.79 Å². The summed E-state index contributed by atoms with van der Waals surface area (Å²) in [5.74, 6) is 0.776. The van der Waals surface area contributed by atoms with E-state index in [1.54, 1.807) is 23.7 Å². The summed E-state index contributed by atoms with van der Waals surface area (Å²) in [5, 5.41) is 5.41. The topological polar surface area (TPSA) is 67.4 Å². The van der Waals surface area contributed by atoms with Crippen LogP contribution in [0.2, 0.25) is 0 Å². The molecule has 1 aromatic carbocycles. The van der Waals surface area contributed by atoms with Gasteiger partial charge in [0.1, 0.15) is 5.69 Å². The van der Waals surface area contributed by atoms with Gasteiger partial charge in [-0.25, -0.2) is 4.98 Å². The minimum Gasteiger partial charge on any atom is -0.378 e. The molecule has 0 saturated carbocycles. The molecule has 2 aromatic heterocycles. The summed E-state index contributed by atoms with van der Waals surface area (Å²) in [7, 11) is 0. The lowest BCUT2D eigenvalue weighted by Gasteiger charge is -2.26. The average Bonchev–Trinajstić information content (AvgIpc) is 3.26. The number of anilines is 1. The third-order valence-corrected chi connectivity index (χ3v) is 5.29. The molecule has 4 rings (SSSR count). The fraction of sp³-hybridized carbons (Fsp3) is 0.250. The summed E-state index contributed by atoms with van der Waals surface area (Å²) >= 11 is 1.70. The van der Waals surface area contributed by atoms with Crippen molar-refractivity contribution in [2.24, 2.45) is 0 Å². The van der Waals surface area contributed by atoms with Crippen LogP contribution in [-0.4, -0.2) is 47.1 Å². The van der Waals surface area contributed by atoms with Crippen molar-refractivity contribution >= 4 is 23.1 Å². The molecule has 1 fully saturated rings. The number of carbonyl (C=O) groups excluding carboxylic acids is 1. The first-order valence-electron chi connectivity index (χ1n) is 8.86. The number of hydrogen-bond donors (Lipinski definition) is 1. The molecule has 27 heavy (non-hydrogen) atoms. The largest absolute Gasteiger partial charge is 0.378 e. The molecule has 0 unspecified atom stereocenters. The quantitative estimate of drug-likeness (QED) is 0.736. The van der Waals surface area contributed by atoms with Crippen LogP contribution < -0.4 is 5.32 Å². The fourth-order valence-corrected chi connectivity index (χ4v) is 3.63. The molecule has 7 heteroatoms. The van der Waals surface area contributed by atoms with Crippen LogP contribution in [0.4, 0.5) is 5.82 Å². The van der Waals surface area contributed by atoms with E-state index in [1.165, 1.54) is 4.88 Å². The Bertz CT molecular complexity index is 891. The van der Waals surface area contributed by atoms with Gasteiger partial charge < -0.3 is 15.0 Å². The van der Waals surface area contributed by atoms with Crippen LogP contribution in [0, 0.1) is 0 Å². The van der Waals surface area contributed by atoms with E-state index in [-0.39, 0.29) is 5.91 Å². The summed E-state index contributed by atoms with van der Waals surface area (Å²) in [6.45, 7) is 3.19. The van der Waals surface area contributed by atoms with E-state index < -0.39 is 0 Å². The van der Waals surface area contributed by atoms with Crippen LogP contribution in [0.15, 0.2) is 54.2 Å². The number of morpholine rings is 1. The van der Waals surface area contributed by atoms with Crippen molar-refractivity contribution < 1.29 is 9.53 Å². The second kappa shape index (κ2) is 8.28. The van der Waals surface area contributed by atoms with Gasteiger partial charge in [0.2, 0.25) is 0 Å². The highest BCUT2D eigenvalue weighted by Crippen LogP contribution is 2.25. The Kier molecular flexibility index (Phi) is 5.41. The number of nitrogens with zero attached hydrogens (tertiary/aromatic N) is 3. The van der Waals surface area contributed by atoms with Gasteiger partial charge in [0, 0.05) is 41.5 Å². The molecule has 0 spiro atoms. The number of aromatic nitrogens is 2. The summed E-state index contributed by atoms with van der Waals surface area (Å²) in [4.78, 5) is 24.5. The summed E-state index contributed by atoms with van der Waals surface area (Å²) < 4.78 is 5.31. The van der Waals surface area contributed by atoms with Gasteiger partial charge in [-0.15, -0.1) is 11.3 Å². The second-order valence-electron chi connectivity index (χ2n) is 6.17. The number of nitrogens with one attached hydrogen (secondary N) is 1. The van der Waals surface area contributed by atoms with Gasteiger partial charge in [-0.2, -0.15) is 0 Å². The van der Waals surface area contributed by atoms with Crippen molar-refractivity contribution in [3.05, 3.63) is 64.6 Å². The Balaban J connectivity index is 1.51. The SMILES string of the molecule is O=C(c1ccc(-c2nccnc2NCc2cccs2)cc1)N1CCOCC1. The molecule has 1 N–H and O–H groups in total. The molecule has 1 amide bonds. The predicted octanol–water partition coefficient (Wildman–Crippen LogP) is 3.29. The van der Waals surface area contributed by atoms with Crippen LogP contribution in [0.1, 0.15) is 15.2 Å². The Hall–Kier alpha value is -2.77. The highest BCUT2D eigenvalue weighted by Gasteiger charge is 2.18. The Morgan fingerprint density at radius 3 is 2.63 bits per heavy atom. The smallest absolute Gasteiger partial charge is 0.254 e. The lowest BCUT2D eigenvalue weighted by atomic mass is 10.1. The molecule has 0 bridgehead atoms. The Labute approximate surface area is 161 Å². The number of thiophene rings is 1. The van der Waals surface area contributed by atoms with Crippen molar-refractivity contribution in [2.45, 2.75) is 6.54 Å². The third-order valence-electron chi connectivity index (χ3n) is 4.41. The van der Waals surface area contributed by atoms with Gasteiger partial charge in [0.15, 0.2) is 5.82 Å². The monoisotopic (exact) mass is 380 g/mol. The normalized spacial score (nSPS) is 14.1. The van der Waals surface area contributed by atoms with Gasteiger partial charge in [-0.05, 0) is 23.6 Å². The van der Waals surface area contributed by atoms with E-state index in [0.29, 0.717) is 38.4 Å². The van der Waals surface area contributed by atoms with Gasteiger partial charge >= 0.3 is 0 Å². The number of amides is 1. The molecule has 1 aliphatic heterocycles. The van der Waals surface area contributed by atoms with Crippen molar-refractivity contribution in [1.29, 1.82) is 0 Å². The first-order chi connectivity index (χ1) is 13.3. The van der Waals surface area contributed by atoms with E-state index in [0.717, 1.165) is 17.1 Å². The van der Waals surface area contributed by atoms with Crippen LogP contribution in [0.25, 0.3) is 11.3 Å². The molecule has 138 valence electrons. The number of ether oxygens (including phenoxy) is 1. The molecule has 0 aliphatic carbocycles. The summed E-state index contributed by atoms with van der Waals surface area (Å²) in [5.41, 5.74) is 2.38. The Morgan fingerprint density at radius 2 is 1.89 bits per heavy atom. The fourth-order valence-electron chi connectivity index (χ4n) is 2.98.